The van der Waals surface area contributed by atoms with Gasteiger partial charge in [-0.2, -0.15) is 0 Å². The molecule has 0 aromatic heterocycles. The highest BCUT2D eigenvalue weighted by Crippen LogP contribution is 2.32. The minimum atomic E-state index is -1.89. The molecule has 0 heterocycles. The molecule has 134 valence electrons. The molecule has 0 N–H and O–H groups in total. The summed E-state index contributed by atoms with van der Waals surface area (Å²) >= 11 is 0. The van der Waals surface area contributed by atoms with E-state index in [-0.39, 0.29) is 0 Å². The van der Waals surface area contributed by atoms with Gasteiger partial charge in [-0.25, -0.2) is 0 Å². The van der Waals surface area contributed by atoms with Gasteiger partial charge in [-0.15, -0.1) is 0 Å². The monoisotopic (exact) mass is 375 g/mol. The van der Waals surface area contributed by atoms with E-state index < -0.39 is 15.6 Å². The standard InChI is InChI=1S/C20H27NO2P2/c22-24(19-12-6-2-7-13-19)16-21(18-10-4-1-5-11-18)17-25(23)20-14-8-3-9-15-20/h2-3,6-9,12-15,18,24-25H,1,4-5,10-11,16-17H2. The van der Waals surface area contributed by atoms with E-state index in [0.717, 1.165) is 23.5 Å². The van der Waals surface area contributed by atoms with Crippen LogP contribution in [0.4, 0.5) is 0 Å². The van der Waals surface area contributed by atoms with E-state index in [1.165, 1.54) is 19.3 Å². The van der Waals surface area contributed by atoms with E-state index in [2.05, 4.69) is 4.90 Å². The Bertz CT molecular complexity index is 647. The number of hydrogen-bond acceptors (Lipinski definition) is 3. The maximum atomic E-state index is 12.9. The zero-order valence-corrected chi connectivity index (χ0v) is 16.6. The second-order valence-electron chi connectivity index (χ2n) is 6.78. The average molecular weight is 375 g/mol. The number of rotatable bonds is 7. The number of nitrogens with zero attached hydrogens (tertiary/aromatic N) is 1. The van der Waals surface area contributed by atoms with Crippen molar-refractivity contribution in [3.05, 3.63) is 60.7 Å². The number of benzene rings is 2. The summed E-state index contributed by atoms with van der Waals surface area (Å²) in [4.78, 5) is 2.27. The van der Waals surface area contributed by atoms with Gasteiger partial charge in [0.15, 0.2) is 0 Å². The quantitative estimate of drug-likeness (QED) is 0.677. The molecule has 2 atom stereocenters. The fraction of sp³-hybridized carbons (Fsp3) is 0.400. The van der Waals surface area contributed by atoms with Crippen LogP contribution in [0, 0.1) is 0 Å². The fourth-order valence-electron chi connectivity index (χ4n) is 3.56. The normalized spacial score (nSPS) is 18.1. The van der Waals surface area contributed by atoms with Crippen molar-refractivity contribution in [2.45, 2.75) is 38.1 Å². The molecule has 25 heavy (non-hydrogen) atoms. The van der Waals surface area contributed by atoms with Gasteiger partial charge in [0.25, 0.3) is 0 Å². The predicted octanol–water partition coefficient (Wildman–Crippen LogP) is 4.31. The molecule has 1 saturated carbocycles. The Labute approximate surface area is 152 Å². The molecule has 1 aliphatic rings. The zero-order chi connectivity index (χ0) is 17.5. The van der Waals surface area contributed by atoms with E-state index in [1.807, 2.05) is 60.7 Å². The van der Waals surface area contributed by atoms with Crippen LogP contribution < -0.4 is 10.6 Å². The van der Waals surface area contributed by atoms with Crippen LogP contribution in [0.25, 0.3) is 0 Å². The Kier molecular flexibility index (Phi) is 7.11. The summed E-state index contributed by atoms with van der Waals surface area (Å²) in [6.07, 6.45) is 7.08. The van der Waals surface area contributed by atoms with E-state index in [9.17, 15) is 9.13 Å². The van der Waals surface area contributed by atoms with Crippen LogP contribution in [0.1, 0.15) is 32.1 Å². The van der Waals surface area contributed by atoms with E-state index in [1.54, 1.807) is 0 Å². The lowest BCUT2D eigenvalue weighted by atomic mass is 9.95. The minimum absolute atomic E-state index is 0.420. The van der Waals surface area contributed by atoms with Gasteiger partial charge in [-0.1, -0.05) is 79.9 Å². The highest BCUT2D eigenvalue weighted by Gasteiger charge is 2.24. The molecule has 2 unspecified atom stereocenters. The maximum Gasteiger partial charge on any atom is 0.117 e. The highest BCUT2D eigenvalue weighted by molar-refractivity contribution is 7.54. The molecule has 0 amide bonds. The first-order valence-corrected chi connectivity index (χ1v) is 12.4. The van der Waals surface area contributed by atoms with E-state index in [4.69, 9.17) is 0 Å². The Morgan fingerprint density at radius 1 is 0.720 bits per heavy atom. The van der Waals surface area contributed by atoms with Crippen LogP contribution in [0.2, 0.25) is 0 Å². The molecule has 1 fully saturated rings. The first-order valence-electron chi connectivity index (χ1n) is 9.14. The summed E-state index contributed by atoms with van der Waals surface area (Å²) in [5, 5.41) is 1.85. The third kappa shape index (κ3) is 5.42. The van der Waals surface area contributed by atoms with Crippen molar-refractivity contribution >= 4 is 26.2 Å². The van der Waals surface area contributed by atoms with Gasteiger partial charge in [0.05, 0.1) is 12.6 Å². The van der Waals surface area contributed by atoms with Crippen LogP contribution in [0.5, 0.6) is 0 Å². The van der Waals surface area contributed by atoms with Gasteiger partial charge in [0.2, 0.25) is 0 Å². The summed E-state index contributed by atoms with van der Waals surface area (Å²) in [6, 6.07) is 19.9. The molecule has 2 aromatic rings. The van der Waals surface area contributed by atoms with Crippen molar-refractivity contribution in [3.63, 3.8) is 0 Å². The van der Waals surface area contributed by atoms with Crippen molar-refractivity contribution in [3.8, 4) is 0 Å². The van der Waals surface area contributed by atoms with Crippen molar-refractivity contribution < 1.29 is 9.13 Å². The summed E-state index contributed by atoms with van der Waals surface area (Å²) < 4.78 is 25.7. The van der Waals surface area contributed by atoms with Crippen molar-refractivity contribution in [1.29, 1.82) is 0 Å². The van der Waals surface area contributed by atoms with Crippen molar-refractivity contribution in [2.75, 3.05) is 12.6 Å². The van der Waals surface area contributed by atoms with Gasteiger partial charge in [0.1, 0.15) is 15.6 Å². The van der Waals surface area contributed by atoms with Gasteiger partial charge < -0.3 is 9.13 Å². The molecule has 0 aliphatic heterocycles. The summed E-state index contributed by atoms with van der Waals surface area (Å²) in [6.45, 7) is 0. The molecular weight excluding hydrogens is 348 g/mol. The molecule has 0 spiro atoms. The van der Waals surface area contributed by atoms with Crippen LogP contribution >= 0.6 is 15.6 Å². The van der Waals surface area contributed by atoms with Crippen molar-refractivity contribution in [1.82, 2.24) is 4.90 Å². The molecular formula is C20H27NO2P2. The molecule has 3 nitrogen and oxygen atoms in total. The summed E-state index contributed by atoms with van der Waals surface area (Å²) in [5.41, 5.74) is 0. The second kappa shape index (κ2) is 9.53. The van der Waals surface area contributed by atoms with Crippen LogP contribution in [-0.2, 0) is 9.13 Å². The van der Waals surface area contributed by atoms with Gasteiger partial charge >= 0.3 is 0 Å². The smallest absolute Gasteiger partial charge is 0.117 e. The van der Waals surface area contributed by atoms with Gasteiger partial charge in [0, 0.05) is 16.7 Å². The maximum absolute atomic E-state index is 12.9. The molecule has 0 radical (unpaired) electrons. The van der Waals surface area contributed by atoms with Crippen LogP contribution in [0.15, 0.2) is 60.7 Å². The third-order valence-corrected chi connectivity index (χ3v) is 8.32. The Hall–Kier alpha value is -1.14. The molecule has 0 bridgehead atoms. The molecule has 1 aliphatic carbocycles. The Balaban J connectivity index is 1.73. The predicted molar refractivity (Wildman–Crippen MR) is 109 cm³/mol. The van der Waals surface area contributed by atoms with Crippen LogP contribution in [-0.4, -0.2) is 23.5 Å². The van der Waals surface area contributed by atoms with E-state index in [0.29, 0.717) is 18.6 Å². The van der Waals surface area contributed by atoms with Gasteiger partial charge in [-0.05, 0) is 12.8 Å². The third-order valence-electron chi connectivity index (χ3n) is 4.98. The molecule has 0 saturated heterocycles. The molecule has 2 aromatic carbocycles. The first kappa shape index (κ1) is 18.6. The molecule has 5 heteroatoms. The largest absolute Gasteiger partial charge is 0.321 e. The van der Waals surface area contributed by atoms with Crippen LogP contribution in [0.3, 0.4) is 0 Å². The highest BCUT2D eigenvalue weighted by atomic mass is 31.1. The average Bonchev–Trinajstić information content (AvgIpc) is 2.69. The van der Waals surface area contributed by atoms with Crippen molar-refractivity contribution in [2.24, 2.45) is 0 Å². The SMILES string of the molecule is O=[PH](CN(C[PH](=O)c1ccccc1)C1CCCCC1)c1ccccc1. The second-order valence-corrected chi connectivity index (χ2v) is 10.3. The zero-order valence-electron chi connectivity index (χ0n) is 14.6. The lowest BCUT2D eigenvalue weighted by molar-refractivity contribution is 0.207. The van der Waals surface area contributed by atoms with E-state index >= 15 is 0 Å². The summed E-state index contributed by atoms with van der Waals surface area (Å²) in [5.74, 6) is 0. The Morgan fingerprint density at radius 3 is 1.60 bits per heavy atom. The first-order chi connectivity index (χ1) is 12.2. The Morgan fingerprint density at radius 2 is 1.16 bits per heavy atom. The minimum Gasteiger partial charge on any atom is -0.321 e. The van der Waals surface area contributed by atoms with Gasteiger partial charge in [-0.3, -0.25) is 4.90 Å². The lowest BCUT2D eigenvalue weighted by Gasteiger charge is -2.34. The lowest BCUT2D eigenvalue weighted by Crippen LogP contribution is -2.37. The molecule has 3 rings (SSSR count). The fourth-order valence-corrected chi connectivity index (χ4v) is 6.75. The summed E-state index contributed by atoms with van der Waals surface area (Å²) in [7, 11) is -3.77. The topological polar surface area (TPSA) is 37.4 Å². The number of hydrogen-bond donors (Lipinski definition) is 0.